The maximum absolute atomic E-state index is 13.7. The van der Waals surface area contributed by atoms with Crippen molar-refractivity contribution < 1.29 is 33.7 Å². The van der Waals surface area contributed by atoms with Gasteiger partial charge in [0.2, 0.25) is 5.91 Å². The Labute approximate surface area is 181 Å². The summed E-state index contributed by atoms with van der Waals surface area (Å²) >= 11 is 0. The summed E-state index contributed by atoms with van der Waals surface area (Å²) in [4.78, 5) is 39.2. The van der Waals surface area contributed by atoms with Crippen LogP contribution < -0.4 is 5.32 Å². The molecule has 2 bridgehead atoms. The Bertz CT molecular complexity index is 873. The van der Waals surface area contributed by atoms with Gasteiger partial charge >= 0.3 is 5.97 Å². The molecule has 2 N–H and O–H groups in total. The van der Waals surface area contributed by atoms with Crippen molar-refractivity contribution in [3.8, 4) is 0 Å². The van der Waals surface area contributed by atoms with Gasteiger partial charge in [-0.3, -0.25) is 9.59 Å². The molecule has 0 aromatic heterocycles. The number of aliphatic hydroxyl groups excluding tert-OH is 1. The number of rotatable bonds is 8. The minimum Gasteiger partial charge on any atom is -0.512 e. The second-order valence-electron chi connectivity index (χ2n) is 7.67. The van der Waals surface area contributed by atoms with E-state index in [9.17, 15) is 19.5 Å². The molecule has 1 amide bonds. The zero-order chi connectivity index (χ0) is 22.6. The Hall–Kier alpha value is -2.71. The number of allylic oxidation sites excluding steroid dienone is 1. The van der Waals surface area contributed by atoms with Crippen LogP contribution in [0.5, 0.6) is 0 Å². The number of nitrogens with one attached hydrogen (secondary N) is 1. The van der Waals surface area contributed by atoms with Gasteiger partial charge in [0, 0.05) is 38.2 Å². The molecule has 2 unspecified atom stereocenters. The van der Waals surface area contributed by atoms with Gasteiger partial charge in [-0.1, -0.05) is 18.2 Å². The molecule has 0 aliphatic heterocycles. The van der Waals surface area contributed by atoms with Crippen LogP contribution in [0, 0.1) is 11.3 Å². The van der Waals surface area contributed by atoms with Gasteiger partial charge < -0.3 is 24.6 Å². The number of fused-ring (bicyclic) bond motifs is 2. The molecule has 2 atom stereocenters. The first-order chi connectivity index (χ1) is 14.8. The van der Waals surface area contributed by atoms with Crippen LogP contribution in [0.25, 0.3) is 0 Å². The van der Waals surface area contributed by atoms with Crippen LogP contribution in [-0.4, -0.2) is 48.4 Å². The van der Waals surface area contributed by atoms with E-state index in [0.717, 1.165) is 0 Å². The monoisotopic (exact) mass is 431 g/mol. The highest BCUT2D eigenvalue weighted by Gasteiger charge is 2.70. The Kier molecular flexibility index (Phi) is 6.81. The topological polar surface area (TPSA) is 111 Å². The molecule has 168 valence electrons. The van der Waals surface area contributed by atoms with E-state index in [2.05, 4.69) is 5.32 Å². The Morgan fingerprint density at radius 2 is 1.71 bits per heavy atom. The van der Waals surface area contributed by atoms with Crippen LogP contribution in [0.1, 0.15) is 40.0 Å². The normalized spacial score (nSPS) is 24.6. The summed E-state index contributed by atoms with van der Waals surface area (Å²) in [5, 5.41) is 13.7. The van der Waals surface area contributed by atoms with Crippen LogP contribution in [0.15, 0.2) is 41.7 Å². The highest BCUT2D eigenvalue weighted by atomic mass is 16.7. The van der Waals surface area contributed by atoms with Crippen LogP contribution in [0.3, 0.4) is 0 Å². The number of hydrogen-bond acceptors (Lipinski definition) is 7. The predicted octanol–water partition coefficient (Wildman–Crippen LogP) is 3.14. The fourth-order valence-electron chi connectivity index (χ4n) is 4.80. The van der Waals surface area contributed by atoms with Crippen molar-refractivity contribution in [1.29, 1.82) is 0 Å². The van der Waals surface area contributed by atoms with E-state index < -0.39 is 29.0 Å². The van der Waals surface area contributed by atoms with Gasteiger partial charge in [-0.05, 0) is 32.9 Å². The number of esters is 1. The van der Waals surface area contributed by atoms with Gasteiger partial charge in [-0.15, -0.1) is 0 Å². The number of hydrogen-bond donors (Lipinski definition) is 2. The molecule has 1 aromatic rings. The second-order valence-corrected chi connectivity index (χ2v) is 7.67. The van der Waals surface area contributed by atoms with Gasteiger partial charge in [-0.2, -0.15) is 0 Å². The maximum atomic E-state index is 13.7. The average Bonchev–Trinajstić information content (AvgIpc) is 2.71. The molecule has 1 saturated carbocycles. The molecule has 1 aromatic carbocycles. The number of para-hydroxylation sites is 1. The Morgan fingerprint density at radius 1 is 1.06 bits per heavy atom. The molecule has 0 heterocycles. The lowest BCUT2D eigenvalue weighted by molar-refractivity contribution is -0.321. The molecule has 0 saturated heterocycles. The summed E-state index contributed by atoms with van der Waals surface area (Å²) in [6.45, 7) is 5.63. The summed E-state index contributed by atoms with van der Waals surface area (Å²) < 4.78 is 17.4. The van der Waals surface area contributed by atoms with Crippen molar-refractivity contribution in [3.63, 3.8) is 0 Å². The number of benzene rings is 1. The molecule has 8 heteroatoms. The van der Waals surface area contributed by atoms with Crippen LogP contribution in [0.4, 0.5) is 5.69 Å². The minimum atomic E-state index is -1.60. The average molecular weight is 431 g/mol. The third-order valence-electron chi connectivity index (χ3n) is 5.86. The van der Waals surface area contributed by atoms with Crippen molar-refractivity contribution in [3.05, 3.63) is 41.7 Å². The fourth-order valence-corrected chi connectivity index (χ4v) is 4.80. The van der Waals surface area contributed by atoms with Gasteiger partial charge in [0.1, 0.15) is 17.0 Å². The SMILES string of the molecule is CCOC(=O)C1=C(O)CC2(C(=O)Nc3ccccc3)CC(=O)CC1C2(OCC)OCC. The van der Waals surface area contributed by atoms with E-state index in [1.807, 2.05) is 6.07 Å². The molecular formula is C23H29NO7. The second kappa shape index (κ2) is 9.20. The van der Waals surface area contributed by atoms with Crippen molar-refractivity contribution in [2.24, 2.45) is 11.3 Å². The van der Waals surface area contributed by atoms with Crippen LogP contribution in [-0.2, 0) is 28.6 Å². The van der Waals surface area contributed by atoms with Gasteiger partial charge in [-0.25, -0.2) is 4.79 Å². The molecule has 2 aliphatic rings. The molecule has 0 radical (unpaired) electrons. The van der Waals surface area contributed by atoms with Crippen molar-refractivity contribution >= 4 is 23.3 Å². The molecule has 3 rings (SSSR count). The van der Waals surface area contributed by atoms with Gasteiger partial charge in [0.05, 0.1) is 18.1 Å². The Balaban J connectivity index is 2.18. The van der Waals surface area contributed by atoms with Gasteiger partial charge in [0.25, 0.3) is 0 Å². The van der Waals surface area contributed by atoms with Crippen molar-refractivity contribution in [2.75, 3.05) is 25.1 Å². The van der Waals surface area contributed by atoms with Crippen LogP contribution in [0.2, 0.25) is 0 Å². The molecule has 8 nitrogen and oxygen atoms in total. The van der Waals surface area contributed by atoms with E-state index in [1.165, 1.54) is 0 Å². The first-order valence-corrected chi connectivity index (χ1v) is 10.6. The first-order valence-electron chi connectivity index (χ1n) is 10.6. The lowest BCUT2D eigenvalue weighted by Crippen LogP contribution is -2.68. The molecule has 2 aliphatic carbocycles. The number of ether oxygens (including phenoxy) is 3. The van der Waals surface area contributed by atoms with E-state index in [0.29, 0.717) is 5.69 Å². The summed E-state index contributed by atoms with van der Waals surface area (Å²) in [5.41, 5.74) is -1.06. The highest BCUT2D eigenvalue weighted by Crippen LogP contribution is 2.59. The smallest absolute Gasteiger partial charge is 0.337 e. The number of amides is 1. The number of anilines is 1. The molecule has 1 fully saturated rings. The zero-order valence-electron chi connectivity index (χ0n) is 18.1. The number of aliphatic hydroxyl groups is 1. The summed E-state index contributed by atoms with van der Waals surface area (Å²) in [7, 11) is 0. The van der Waals surface area contributed by atoms with Gasteiger partial charge in [0.15, 0.2) is 5.79 Å². The van der Waals surface area contributed by atoms with Crippen molar-refractivity contribution in [1.82, 2.24) is 0 Å². The Morgan fingerprint density at radius 3 is 2.29 bits per heavy atom. The lowest BCUT2D eigenvalue weighted by Gasteiger charge is -2.56. The van der Waals surface area contributed by atoms with Crippen molar-refractivity contribution in [2.45, 2.75) is 45.8 Å². The standard InChI is InChI=1S/C23H29NO7/c1-4-29-20(27)19-17-12-16(25)13-22(14-18(19)26,23(17,30-5-2)31-6-3)21(28)24-15-10-8-7-9-11-15/h7-11,17,26H,4-6,12-14H2,1-3H3,(H,24,28). The third-order valence-corrected chi connectivity index (χ3v) is 5.86. The highest BCUT2D eigenvalue weighted by molar-refractivity contribution is 6.02. The largest absolute Gasteiger partial charge is 0.512 e. The summed E-state index contributed by atoms with van der Waals surface area (Å²) in [5.74, 6) is -4.29. The number of Topliss-reactive ketones (excluding diaryl/α,β-unsaturated/α-hetero) is 1. The fraction of sp³-hybridized carbons (Fsp3) is 0.522. The molecule has 31 heavy (non-hydrogen) atoms. The quantitative estimate of drug-likeness (QED) is 0.480. The molecule has 0 spiro atoms. The van der Waals surface area contributed by atoms with E-state index in [4.69, 9.17) is 14.2 Å². The van der Waals surface area contributed by atoms with E-state index in [1.54, 1.807) is 45.0 Å². The maximum Gasteiger partial charge on any atom is 0.337 e. The summed E-state index contributed by atoms with van der Waals surface area (Å²) in [6, 6.07) is 8.82. The lowest BCUT2D eigenvalue weighted by atomic mass is 9.56. The number of ketones is 1. The first kappa shape index (κ1) is 23.0. The van der Waals surface area contributed by atoms with Crippen LogP contribution >= 0.6 is 0 Å². The van der Waals surface area contributed by atoms with E-state index in [-0.39, 0.29) is 56.2 Å². The summed E-state index contributed by atoms with van der Waals surface area (Å²) in [6.07, 6.45) is -0.553. The third kappa shape index (κ3) is 3.85. The van der Waals surface area contributed by atoms with E-state index >= 15 is 0 Å². The zero-order valence-corrected chi connectivity index (χ0v) is 18.1. The molecular weight excluding hydrogens is 402 g/mol. The minimum absolute atomic E-state index is 0.0556. The predicted molar refractivity (Wildman–Crippen MR) is 112 cm³/mol. The number of carbonyl (C=O) groups excluding carboxylic acids is 3. The number of carbonyl (C=O) groups is 3.